The van der Waals surface area contributed by atoms with Gasteiger partial charge in [-0.25, -0.2) is 8.42 Å². The molecule has 1 atom stereocenters. The van der Waals surface area contributed by atoms with Crippen molar-refractivity contribution in [1.29, 1.82) is 0 Å². The highest BCUT2D eigenvalue weighted by molar-refractivity contribution is 7.89. The number of carbonyl (C=O) groups excluding carboxylic acids is 1. The number of ketones is 1. The molecule has 134 valence electrons. The molecule has 0 aliphatic heterocycles. The lowest BCUT2D eigenvalue weighted by atomic mass is 9.93. The summed E-state index contributed by atoms with van der Waals surface area (Å²) in [5.74, 6) is -0.251. The summed E-state index contributed by atoms with van der Waals surface area (Å²) >= 11 is 0. The quantitative estimate of drug-likeness (QED) is 0.634. The van der Waals surface area contributed by atoms with Crippen molar-refractivity contribution < 1.29 is 22.9 Å². The number of fused-ring (bicyclic) bond motifs is 1. The molecular formula is C17H14N2O6S. The second-order valence-electron chi connectivity index (χ2n) is 5.50. The van der Waals surface area contributed by atoms with E-state index in [1.165, 1.54) is 31.4 Å². The van der Waals surface area contributed by atoms with Crippen molar-refractivity contribution in [2.24, 2.45) is 0 Å². The molecule has 3 rings (SSSR count). The Hall–Kier alpha value is -3.04. The summed E-state index contributed by atoms with van der Waals surface area (Å²) in [6.07, 6.45) is 2.74. The summed E-state index contributed by atoms with van der Waals surface area (Å²) in [5.41, 5.74) is 0.472. The molecule has 0 saturated heterocycles. The summed E-state index contributed by atoms with van der Waals surface area (Å²) in [6, 6.07) is 9.28. The molecule has 26 heavy (non-hydrogen) atoms. The number of nitro benzene ring substituents is 1. The Morgan fingerprint density at radius 3 is 2.62 bits per heavy atom. The Labute approximate surface area is 149 Å². The Morgan fingerprint density at radius 1 is 1.19 bits per heavy atom. The average Bonchev–Trinajstić information content (AvgIpc) is 2.63. The molecule has 8 nitrogen and oxygen atoms in total. The monoisotopic (exact) mass is 374 g/mol. The van der Waals surface area contributed by atoms with E-state index in [2.05, 4.69) is 4.72 Å². The van der Waals surface area contributed by atoms with Crippen LogP contribution in [0.5, 0.6) is 5.75 Å². The van der Waals surface area contributed by atoms with Crippen LogP contribution < -0.4 is 9.46 Å². The van der Waals surface area contributed by atoms with Crippen LogP contribution >= 0.6 is 0 Å². The van der Waals surface area contributed by atoms with Gasteiger partial charge in [-0.1, -0.05) is 30.3 Å². The minimum absolute atomic E-state index is 0.0394. The molecule has 0 aromatic heterocycles. The van der Waals surface area contributed by atoms with E-state index in [1.807, 2.05) is 0 Å². The molecule has 0 heterocycles. The minimum Gasteiger partial charge on any atom is -0.490 e. The van der Waals surface area contributed by atoms with Crippen molar-refractivity contribution in [3.8, 4) is 5.75 Å². The van der Waals surface area contributed by atoms with Gasteiger partial charge in [0.05, 0.1) is 23.0 Å². The Bertz CT molecular complexity index is 1030. The van der Waals surface area contributed by atoms with Crippen molar-refractivity contribution in [2.45, 2.75) is 10.9 Å². The van der Waals surface area contributed by atoms with Gasteiger partial charge in [0, 0.05) is 11.6 Å². The number of benzene rings is 2. The summed E-state index contributed by atoms with van der Waals surface area (Å²) in [4.78, 5) is 22.0. The smallest absolute Gasteiger partial charge is 0.312 e. The van der Waals surface area contributed by atoms with Crippen LogP contribution in [-0.2, 0) is 10.0 Å². The maximum absolute atomic E-state index is 12.7. The standard InChI is InChI=1S/C17H14N2O6S/c1-25-17-9-6-11(10-15(17)19(21)22)26(23,24)18-14-7-8-16(20)13-5-3-2-4-12(13)14/h2-10,14,18H,1H3/t14-/m1/s1. The number of hydrogen-bond donors (Lipinski definition) is 1. The molecule has 2 aromatic rings. The van der Waals surface area contributed by atoms with Gasteiger partial charge >= 0.3 is 5.69 Å². The predicted molar refractivity (Wildman–Crippen MR) is 92.6 cm³/mol. The van der Waals surface area contributed by atoms with Crippen molar-refractivity contribution in [2.75, 3.05) is 7.11 Å². The number of hydrogen-bond acceptors (Lipinski definition) is 6. The SMILES string of the molecule is COc1ccc(S(=O)(=O)N[C@@H]2C=CC(=O)c3ccccc32)cc1[N+](=O)[O-]. The Kier molecular flexibility index (Phi) is 4.58. The lowest BCUT2D eigenvalue weighted by Crippen LogP contribution is -2.30. The minimum atomic E-state index is -4.07. The van der Waals surface area contributed by atoms with Gasteiger partial charge < -0.3 is 4.74 Å². The normalized spacial score (nSPS) is 16.2. The molecule has 1 N–H and O–H groups in total. The summed E-state index contributed by atoms with van der Waals surface area (Å²) in [7, 11) is -2.81. The third-order valence-corrected chi connectivity index (χ3v) is 5.38. The van der Waals surface area contributed by atoms with Gasteiger partial charge in [-0.2, -0.15) is 4.72 Å². The summed E-state index contributed by atoms with van der Waals surface area (Å²) < 4.78 is 32.7. The van der Waals surface area contributed by atoms with Crippen LogP contribution in [0.3, 0.4) is 0 Å². The molecule has 0 unspecified atom stereocenters. The predicted octanol–water partition coefficient (Wildman–Crippen LogP) is 2.38. The topological polar surface area (TPSA) is 116 Å². The van der Waals surface area contributed by atoms with Gasteiger partial charge in [0.15, 0.2) is 11.5 Å². The number of carbonyl (C=O) groups is 1. The lowest BCUT2D eigenvalue weighted by Gasteiger charge is -2.21. The maximum atomic E-state index is 12.7. The van der Waals surface area contributed by atoms with Crippen LogP contribution in [0.1, 0.15) is 22.0 Å². The van der Waals surface area contributed by atoms with E-state index in [1.54, 1.807) is 24.3 Å². The number of nitrogens with one attached hydrogen (secondary N) is 1. The molecule has 1 aliphatic carbocycles. The van der Waals surface area contributed by atoms with Crippen molar-refractivity contribution in [3.05, 3.63) is 75.9 Å². The Morgan fingerprint density at radius 2 is 1.92 bits per heavy atom. The second-order valence-corrected chi connectivity index (χ2v) is 7.21. The van der Waals surface area contributed by atoms with E-state index < -0.39 is 26.7 Å². The highest BCUT2D eigenvalue weighted by Crippen LogP contribution is 2.31. The number of nitro groups is 1. The molecule has 1 aliphatic rings. The van der Waals surface area contributed by atoms with Crippen molar-refractivity contribution in [1.82, 2.24) is 4.72 Å². The third-order valence-electron chi connectivity index (χ3n) is 3.94. The molecule has 2 aromatic carbocycles. The molecule has 0 amide bonds. The first-order valence-electron chi connectivity index (χ1n) is 7.49. The fraction of sp³-hybridized carbons (Fsp3) is 0.118. The molecule has 9 heteroatoms. The van der Waals surface area contributed by atoms with Crippen molar-refractivity contribution >= 4 is 21.5 Å². The average molecular weight is 374 g/mol. The van der Waals surface area contributed by atoms with Crippen LogP contribution in [0.4, 0.5) is 5.69 Å². The van der Waals surface area contributed by atoms with Gasteiger partial charge in [0.2, 0.25) is 10.0 Å². The van der Waals surface area contributed by atoms with Gasteiger partial charge in [-0.3, -0.25) is 14.9 Å². The zero-order chi connectivity index (χ0) is 18.9. The van der Waals surface area contributed by atoms with Gasteiger partial charge in [0.1, 0.15) is 0 Å². The van der Waals surface area contributed by atoms with E-state index in [-0.39, 0.29) is 16.4 Å². The maximum Gasteiger partial charge on any atom is 0.312 e. The molecule has 0 saturated carbocycles. The highest BCUT2D eigenvalue weighted by atomic mass is 32.2. The van der Waals surface area contributed by atoms with Crippen LogP contribution in [-0.4, -0.2) is 26.2 Å². The zero-order valence-corrected chi connectivity index (χ0v) is 14.4. The number of ether oxygens (including phenoxy) is 1. The number of methoxy groups -OCH3 is 1. The van der Waals surface area contributed by atoms with Crippen molar-refractivity contribution in [3.63, 3.8) is 0 Å². The Balaban J connectivity index is 1.98. The number of sulfonamides is 1. The van der Waals surface area contributed by atoms with Crippen LogP contribution in [0.15, 0.2) is 59.5 Å². The first-order chi connectivity index (χ1) is 12.3. The third kappa shape index (κ3) is 3.22. The van der Waals surface area contributed by atoms with E-state index >= 15 is 0 Å². The zero-order valence-electron chi connectivity index (χ0n) is 13.6. The van der Waals surface area contributed by atoms with E-state index in [0.717, 1.165) is 6.07 Å². The largest absolute Gasteiger partial charge is 0.490 e. The van der Waals surface area contributed by atoms with Gasteiger partial charge in [-0.05, 0) is 23.8 Å². The fourth-order valence-corrected chi connectivity index (χ4v) is 3.88. The first kappa shape index (κ1) is 17.8. The number of allylic oxidation sites excluding steroid dienone is 1. The van der Waals surface area contributed by atoms with E-state index in [0.29, 0.717) is 11.1 Å². The first-order valence-corrected chi connectivity index (χ1v) is 8.98. The molecule has 0 bridgehead atoms. The number of nitrogens with zero attached hydrogens (tertiary/aromatic N) is 1. The second kappa shape index (κ2) is 6.70. The molecule has 0 radical (unpaired) electrons. The van der Waals surface area contributed by atoms with Gasteiger partial charge in [0.25, 0.3) is 0 Å². The summed E-state index contributed by atoms with van der Waals surface area (Å²) in [5, 5.41) is 11.1. The highest BCUT2D eigenvalue weighted by Gasteiger charge is 2.27. The van der Waals surface area contributed by atoms with E-state index in [4.69, 9.17) is 4.74 Å². The van der Waals surface area contributed by atoms with Crippen LogP contribution in [0.25, 0.3) is 0 Å². The van der Waals surface area contributed by atoms with Gasteiger partial charge in [-0.15, -0.1) is 0 Å². The van der Waals surface area contributed by atoms with Crippen LogP contribution in [0.2, 0.25) is 0 Å². The number of rotatable bonds is 5. The summed E-state index contributed by atoms with van der Waals surface area (Å²) in [6.45, 7) is 0. The van der Waals surface area contributed by atoms with Crippen LogP contribution in [0, 0.1) is 10.1 Å². The van der Waals surface area contributed by atoms with E-state index in [9.17, 15) is 23.3 Å². The fourth-order valence-electron chi connectivity index (χ4n) is 2.69. The molecular weight excluding hydrogens is 360 g/mol. The molecule has 0 spiro atoms. The lowest BCUT2D eigenvalue weighted by molar-refractivity contribution is -0.386. The molecule has 0 fully saturated rings.